The molecule has 0 bridgehead atoms. The van der Waals surface area contributed by atoms with Crippen molar-refractivity contribution in [3.05, 3.63) is 54.1 Å². The highest BCUT2D eigenvalue weighted by atomic mass is 32.2. The Labute approximate surface area is 158 Å². The van der Waals surface area contributed by atoms with E-state index in [2.05, 4.69) is 5.32 Å². The molecule has 1 fully saturated rings. The van der Waals surface area contributed by atoms with Gasteiger partial charge in [0.2, 0.25) is 0 Å². The third-order valence-electron chi connectivity index (χ3n) is 4.41. The summed E-state index contributed by atoms with van der Waals surface area (Å²) in [5.74, 6) is -0.529. The van der Waals surface area contributed by atoms with Crippen LogP contribution in [0.3, 0.4) is 0 Å². The van der Waals surface area contributed by atoms with E-state index in [0.29, 0.717) is 11.4 Å². The zero-order chi connectivity index (χ0) is 19.7. The van der Waals surface area contributed by atoms with Crippen LogP contribution in [0.4, 0.5) is 5.69 Å². The second-order valence-electron chi connectivity index (χ2n) is 6.25. The Balaban J connectivity index is 1.86. The van der Waals surface area contributed by atoms with E-state index < -0.39 is 30.8 Å². The van der Waals surface area contributed by atoms with Crippen molar-refractivity contribution in [2.75, 3.05) is 23.9 Å². The van der Waals surface area contributed by atoms with Gasteiger partial charge in [-0.15, -0.1) is 0 Å². The molecular weight excluding hydrogens is 390 g/mol. The number of amides is 1. The molecule has 1 aliphatic heterocycles. The number of sulfone groups is 2. The molecule has 0 saturated carbocycles. The molecule has 1 unspecified atom stereocenters. The number of nitrogens with one attached hydrogen (secondary N) is 1. The van der Waals surface area contributed by atoms with Crippen molar-refractivity contribution in [1.82, 2.24) is 0 Å². The van der Waals surface area contributed by atoms with E-state index >= 15 is 0 Å². The number of methoxy groups -OCH3 is 1. The van der Waals surface area contributed by atoms with Gasteiger partial charge in [-0.1, -0.05) is 18.2 Å². The predicted octanol–water partition coefficient (Wildman–Crippen LogP) is 1.91. The number of hydrogen-bond acceptors (Lipinski definition) is 6. The van der Waals surface area contributed by atoms with Gasteiger partial charge in [-0.05, 0) is 36.8 Å². The predicted molar refractivity (Wildman–Crippen MR) is 102 cm³/mol. The average molecular weight is 409 g/mol. The molecule has 27 heavy (non-hydrogen) atoms. The lowest BCUT2D eigenvalue weighted by Gasteiger charge is -2.12. The summed E-state index contributed by atoms with van der Waals surface area (Å²) in [7, 11) is -5.69. The van der Waals surface area contributed by atoms with E-state index in [0.717, 1.165) is 0 Å². The first-order chi connectivity index (χ1) is 12.7. The summed E-state index contributed by atoms with van der Waals surface area (Å²) < 4.78 is 53.9. The normalized spacial score (nSPS) is 18.8. The van der Waals surface area contributed by atoms with Gasteiger partial charge >= 0.3 is 0 Å². The molecule has 0 radical (unpaired) electrons. The van der Waals surface area contributed by atoms with Crippen molar-refractivity contribution in [1.29, 1.82) is 0 Å². The van der Waals surface area contributed by atoms with Gasteiger partial charge in [0.15, 0.2) is 19.7 Å². The van der Waals surface area contributed by atoms with Gasteiger partial charge in [-0.25, -0.2) is 16.8 Å². The van der Waals surface area contributed by atoms with Crippen LogP contribution in [0.5, 0.6) is 5.75 Å². The van der Waals surface area contributed by atoms with Crippen LogP contribution < -0.4 is 10.1 Å². The fourth-order valence-corrected chi connectivity index (χ4v) is 7.36. The molecule has 3 rings (SSSR count). The van der Waals surface area contributed by atoms with E-state index in [1.807, 2.05) is 0 Å². The summed E-state index contributed by atoms with van der Waals surface area (Å²) in [6, 6.07) is 12.5. The number of para-hydroxylation sites is 2. The molecule has 1 aliphatic rings. The van der Waals surface area contributed by atoms with E-state index in [9.17, 15) is 21.6 Å². The van der Waals surface area contributed by atoms with Crippen LogP contribution in [0.2, 0.25) is 0 Å². The molecule has 0 spiro atoms. The Bertz CT molecular complexity index is 1080. The Morgan fingerprint density at radius 3 is 2.56 bits per heavy atom. The first-order valence-corrected chi connectivity index (χ1v) is 11.6. The van der Waals surface area contributed by atoms with E-state index in [-0.39, 0.29) is 28.4 Å². The lowest BCUT2D eigenvalue weighted by Crippen LogP contribution is -2.23. The van der Waals surface area contributed by atoms with Crippen LogP contribution in [0.1, 0.15) is 16.8 Å². The van der Waals surface area contributed by atoms with Gasteiger partial charge in [0, 0.05) is 5.56 Å². The number of carbonyl (C=O) groups is 1. The molecule has 0 aromatic heterocycles. The molecule has 1 saturated heterocycles. The maximum absolute atomic E-state index is 12.7. The second kappa shape index (κ2) is 7.32. The molecule has 0 aliphatic carbocycles. The molecule has 1 amide bonds. The topological polar surface area (TPSA) is 107 Å². The number of rotatable bonds is 5. The molecule has 1 atom stereocenters. The highest BCUT2D eigenvalue weighted by Crippen LogP contribution is 2.27. The fourth-order valence-electron chi connectivity index (χ4n) is 2.95. The Hall–Kier alpha value is -2.39. The monoisotopic (exact) mass is 409 g/mol. The number of hydrogen-bond donors (Lipinski definition) is 1. The number of carbonyl (C=O) groups excluding carboxylic acids is 1. The van der Waals surface area contributed by atoms with Crippen molar-refractivity contribution in [2.24, 2.45) is 0 Å². The van der Waals surface area contributed by atoms with Crippen LogP contribution in [-0.4, -0.2) is 46.6 Å². The molecule has 2 aromatic rings. The molecule has 144 valence electrons. The third-order valence-corrected chi connectivity index (χ3v) is 8.58. The number of benzene rings is 2. The van der Waals surface area contributed by atoms with Crippen LogP contribution >= 0.6 is 0 Å². The quantitative estimate of drug-likeness (QED) is 0.808. The average Bonchev–Trinajstić information content (AvgIpc) is 3.03. The van der Waals surface area contributed by atoms with Gasteiger partial charge in [0.25, 0.3) is 5.91 Å². The van der Waals surface area contributed by atoms with Crippen molar-refractivity contribution in [3.8, 4) is 5.75 Å². The summed E-state index contributed by atoms with van der Waals surface area (Å²) in [6.45, 7) is 0. The summed E-state index contributed by atoms with van der Waals surface area (Å²) in [6.07, 6.45) is 0.0717. The summed E-state index contributed by atoms with van der Waals surface area (Å²) in [4.78, 5) is 12.5. The lowest BCUT2D eigenvalue weighted by atomic mass is 10.2. The van der Waals surface area contributed by atoms with Crippen LogP contribution in [0, 0.1) is 0 Å². The summed E-state index contributed by atoms with van der Waals surface area (Å²) >= 11 is 0. The largest absolute Gasteiger partial charge is 0.495 e. The molecule has 1 N–H and O–H groups in total. The minimum absolute atomic E-state index is 0.0581. The molecule has 9 heteroatoms. The van der Waals surface area contributed by atoms with Gasteiger partial charge in [-0.2, -0.15) is 0 Å². The number of ether oxygens (including phenoxy) is 1. The van der Waals surface area contributed by atoms with Gasteiger partial charge in [0.1, 0.15) is 5.75 Å². The molecule has 2 aromatic carbocycles. The Morgan fingerprint density at radius 1 is 1.15 bits per heavy atom. The van der Waals surface area contributed by atoms with Gasteiger partial charge in [-0.3, -0.25) is 4.79 Å². The van der Waals surface area contributed by atoms with Crippen molar-refractivity contribution >= 4 is 31.3 Å². The smallest absolute Gasteiger partial charge is 0.255 e. The first kappa shape index (κ1) is 19.4. The van der Waals surface area contributed by atoms with E-state index in [1.165, 1.54) is 31.4 Å². The fraction of sp³-hybridized carbons (Fsp3) is 0.278. The molecule has 7 nitrogen and oxygen atoms in total. The first-order valence-electron chi connectivity index (χ1n) is 8.22. The minimum atomic E-state index is -3.84. The number of anilines is 1. The summed E-state index contributed by atoms with van der Waals surface area (Å²) in [5, 5.41) is 1.71. The second-order valence-corrected chi connectivity index (χ2v) is 10.7. The van der Waals surface area contributed by atoms with Crippen molar-refractivity contribution in [2.45, 2.75) is 16.6 Å². The van der Waals surface area contributed by atoms with Crippen molar-refractivity contribution in [3.63, 3.8) is 0 Å². The maximum Gasteiger partial charge on any atom is 0.255 e. The maximum atomic E-state index is 12.7. The van der Waals surface area contributed by atoms with E-state index in [4.69, 9.17) is 4.74 Å². The lowest BCUT2D eigenvalue weighted by molar-refractivity contribution is 0.102. The van der Waals surface area contributed by atoms with Crippen LogP contribution in [-0.2, 0) is 19.7 Å². The third kappa shape index (κ3) is 4.14. The Kier molecular flexibility index (Phi) is 5.25. The zero-order valence-electron chi connectivity index (χ0n) is 14.6. The van der Waals surface area contributed by atoms with Gasteiger partial charge in [0.05, 0.1) is 34.4 Å². The van der Waals surface area contributed by atoms with Crippen LogP contribution in [0.25, 0.3) is 0 Å². The standard InChI is InChI=1S/C18H19NO6S2/c1-25-17-8-3-2-7-16(17)19-18(20)13-5-4-6-14(11-13)27(23,24)15-9-10-26(21,22)12-15/h2-8,11,15H,9-10,12H2,1H3,(H,19,20). The minimum Gasteiger partial charge on any atom is -0.495 e. The summed E-state index contributed by atoms with van der Waals surface area (Å²) in [5.41, 5.74) is 0.614. The van der Waals surface area contributed by atoms with Crippen molar-refractivity contribution < 1.29 is 26.4 Å². The SMILES string of the molecule is COc1ccccc1NC(=O)c1cccc(S(=O)(=O)C2CCS(=O)(=O)C2)c1. The Morgan fingerprint density at radius 2 is 1.89 bits per heavy atom. The van der Waals surface area contributed by atoms with E-state index in [1.54, 1.807) is 24.3 Å². The highest BCUT2D eigenvalue weighted by molar-refractivity contribution is 7.96. The molecule has 1 heterocycles. The zero-order valence-corrected chi connectivity index (χ0v) is 16.2. The highest BCUT2D eigenvalue weighted by Gasteiger charge is 2.38. The van der Waals surface area contributed by atoms with Crippen LogP contribution in [0.15, 0.2) is 53.4 Å². The van der Waals surface area contributed by atoms with Gasteiger partial charge < -0.3 is 10.1 Å². The molecular formula is C18H19NO6S2.